The van der Waals surface area contributed by atoms with Gasteiger partial charge in [-0.2, -0.15) is 5.10 Å². The predicted molar refractivity (Wildman–Crippen MR) is 125 cm³/mol. The van der Waals surface area contributed by atoms with Crippen molar-refractivity contribution in [3.63, 3.8) is 0 Å². The molecule has 3 aromatic heterocycles. The monoisotopic (exact) mass is 428 g/mol. The average Bonchev–Trinajstić information content (AvgIpc) is 3.25. The highest BCUT2D eigenvalue weighted by Crippen LogP contribution is 2.28. The lowest BCUT2D eigenvalue weighted by molar-refractivity contribution is 0.220. The Morgan fingerprint density at radius 2 is 1.91 bits per heavy atom. The fourth-order valence-corrected chi connectivity index (χ4v) is 4.19. The van der Waals surface area contributed by atoms with Crippen molar-refractivity contribution >= 4 is 22.4 Å². The van der Waals surface area contributed by atoms with Crippen molar-refractivity contribution < 1.29 is 4.39 Å². The van der Waals surface area contributed by atoms with Crippen LogP contribution in [0.25, 0.3) is 27.7 Å². The number of benzene rings is 1. The number of aromatic amines is 1. The molecule has 162 valence electrons. The highest BCUT2D eigenvalue weighted by atomic mass is 19.1. The van der Waals surface area contributed by atoms with Gasteiger partial charge in [0.15, 0.2) is 0 Å². The van der Waals surface area contributed by atoms with Crippen LogP contribution in [0, 0.1) is 5.82 Å². The molecule has 1 saturated heterocycles. The Bertz CT molecular complexity index is 1240. The minimum absolute atomic E-state index is 0.382. The first-order chi connectivity index (χ1) is 15.7. The standard InChI is InChI=1S/C25H25FN6/c1-17(29-24-8-6-21(26)15-28-24)25-22-12-19(5-7-23(22)30-31-25)20-11-18(13-27-14-20)16-32-9-3-2-4-10-32/h5-8,11-15H,1-4,9-10,16H2,(H,28,29)(H,30,31). The number of nitrogens with one attached hydrogen (secondary N) is 2. The lowest BCUT2D eigenvalue weighted by atomic mass is 10.0. The van der Waals surface area contributed by atoms with E-state index in [4.69, 9.17) is 0 Å². The number of H-pyrrole nitrogens is 1. The van der Waals surface area contributed by atoms with E-state index in [2.05, 4.69) is 55.2 Å². The summed E-state index contributed by atoms with van der Waals surface area (Å²) >= 11 is 0. The van der Waals surface area contributed by atoms with Gasteiger partial charge in [0.2, 0.25) is 0 Å². The molecular formula is C25H25FN6. The molecule has 5 rings (SSSR count). The SMILES string of the molecule is C=C(Nc1ccc(F)cn1)c1n[nH]c2ccc(-c3cncc(CN4CCCCC4)c3)cc12. The third-order valence-electron chi connectivity index (χ3n) is 5.84. The van der Waals surface area contributed by atoms with E-state index in [9.17, 15) is 4.39 Å². The first-order valence-corrected chi connectivity index (χ1v) is 10.9. The summed E-state index contributed by atoms with van der Waals surface area (Å²) in [7, 11) is 0. The molecule has 32 heavy (non-hydrogen) atoms. The van der Waals surface area contributed by atoms with E-state index < -0.39 is 0 Å². The largest absolute Gasteiger partial charge is 0.339 e. The summed E-state index contributed by atoms with van der Waals surface area (Å²) < 4.78 is 13.1. The number of halogens is 1. The van der Waals surface area contributed by atoms with Gasteiger partial charge in [-0.15, -0.1) is 0 Å². The molecule has 0 saturated carbocycles. The number of fused-ring (bicyclic) bond motifs is 1. The van der Waals surface area contributed by atoms with Crippen LogP contribution < -0.4 is 5.32 Å². The maximum atomic E-state index is 13.1. The van der Waals surface area contributed by atoms with Crippen LogP contribution in [0.15, 0.2) is 61.6 Å². The highest BCUT2D eigenvalue weighted by molar-refractivity contribution is 5.94. The zero-order chi connectivity index (χ0) is 21.9. The number of likely N-dealkylation sites (tertiary alicyclic amines) is 1. The fraction of sp³-hybridized carbons (Fsp3) is 0.240. The van der Waals surface area contributed by atoms with Crippen LogP contribution in [-0.2, 0) is 6.54 Å². The van der Waals surface area contributed by atoms with E-state index in [-0.39, 0.29) is 5.82 Å². The topological polar surface area (TPSA) is 69.7 Å². The normalized spacial score (nSPS) is 14.5. The first-order valence-electron chi connectivity index (χ1n) is 10.9. The van der Waals surface area contributed by atoms with Crippen molar-refractivity contribution in [2.24, 2.45) is 0 Å². The van der Waals surface area contributed by atoms with Gasteiger partial charge in [-0.25, -0.2) is 9.37 Å². The number of anilines is 1. The van der Waals surface area contributed by atoms with Gasteiger partial charge >= 0.3 is 0 Å². The molecule has 0 atom stereocenters. The molecule has 0 aliphatic carbocycles. The minimum atomic E-state index is -0.382. The Balaban J connectivity index is 1.40. The number of hydrogen-bond acceptors (Lipinski definition) is 5. The van der Waals surface area contributed by atoms with Gasteiger partial charge in [0.05, 0.1) is 17.4 Å². The van der Waals surface area contributed by atoms with E-state index in [1.807, 2.05) is 18.5 Å². The number of aromatic nitrogens is 4. The van der Waals surface area contributed by atoms with E-state index in [0.29, 0.717) is 17.2 Å². The molecule has 6 nitrogen and oxygen atoms in total. The van der Waals surface area contributed by atoms with Gasteiger partial charge in [0.25, 0.3) is 0 Å². The molecule has 1 aliphatic rings. The molecule has 1 fully saturated rings. The smallest absolute Gasteiger partial charge is 0.141 e. The van der Waals surface area contributed by atoms with Crippen molar-refractivity contribution in [3.05, 3.63) is 78.6 Å². The van der Waals surface area contributed by atoms with Crippen molar-refractivity contribution in [1.29, 1.82) is 0 Å². The number of rotatable bonds is 6. The summed E-state index contributed by atoms with van der Waals surface area (Å²) in [5.74, 6) is 0.130. The molecular weight excluding hydrogens is 403 g/mol. The number of pyridine rings is 2. The van der Waals surface area contributed by atoms with Crippen LogP contribution >= 0.6 is 0 Å². The molecule has 0 spiro atoms. The molecule has 1 aliphatic heterocycles. The highest BCUT2D eigenvalue weighted by Gasteiger charge is 2.13. The third kappa shape index (κ3) is 4.38. The van der Waals surface area contributed by atoms with Crippen LogP contribution in [-0.4, -0.2) is 38.2 Å². The molecule has 1 aromatic carbocycles. The van der Waals surface area contributed by atoms with Gasteiger partial charge in [-0.1, -0.05) is 19.1 Å². The zero-order valence-corrected chi connectivity index (χ0v) is 17.8. The minimum Gasteiger partial charge on any atom is -0.339 e. The summed E-state index contributed by atoms with van der Waals surface area (Å²) in [4.78, 5) is 11.0. The van der Waals surface area contributed by atoms with E-state index in [0.717, 1.165) is 41.7 Å². The molecule has 0 unspecified atom stereocenters. The predicted octanol–water partition coefficient (Wildman–Crippen LogP) is 5.23. The lowest BCUT2D eigenvalue weighted by Crippen LogP contribution is -2.29. The Hall–Kier alpha value is -3.58. The van der Waals surface area contributed by atoms with Crippen LogP contribution in [0.3, 0.4) is 0 Å². The summed E-state index contributed by atoms with van der Waals surface area (Å²) in [6.45, 7) is 7.36. The molecule has 4 heterocycles. The quantitative estimate of drug-likeness (QED) is 0.440. The van der Waals surface area contributed by atoms with Gasteiger partial charge < -0.3 is 5.32 Å². The van der Waals surface area contributed by atoms with Crippen LogP contribution in [0.1, 0.15) is 30.5 Å². The maximum Gasteiger partial charge on any atom is 0.141 e. The van der Waals surface area contributed by atoms with Crippen molar-refractivity contribution in [2.45, 2.75) is 25.8 Å². The van der Waals surface area contributed by atoms with E-state index in [1.165, 1.54) is 37.1 Å². The molecule has 0 amide bonds. The zero-order valence-electron chi connectivity index (χ0n) is 17.8. The van der Waals surface area contributed by atoms with Crippen molar-refractivity contribution in [1.82, 2.24) is 25.1 Å². The summed E-state index contributed by atoms with van der Waals surface area (Å²) in [6, 6.07) is 11.3. The van der Waals surface area contributed by atoms with Gasteiger partial charge in [0.1, 0.15) is 17.3 Å². The first kappa shape index (κ1) is 20.3. The Labute approximate surface area is 186 Å². The van der Waals surface area contributed by atoms with Crippen LogP contribution in [0.2, 0.25) is 0 Å². The van der Waals surface area contributed by atoms with E-state index in [1.54, 1.807) is 6.07 Å². The van der Waals surface area contributed by atoms with Gasteiger partial charge in [-0.05, 0) is 67.4 Å². The second-order valence-corrected chi connectivity index (χ2v) is 8.22. The summed E-state index contributed by atoms with van der Waals surface area (Å²) in [6.07, 6.45) is 8.91. The Kier molecular flexibility index (Phi) is 5.64. The summed E-state index contributed by atoms with van der Waals surface area (Å²) in [5, 5.41) is 11.5. The van der Waals surface area contributed by atoms with Crippen LogP contribution in [0.4, 0.5) is 10.2 Å². The summed E-state index contributed by atoms with van der Waals surface area (Å²) in [5.41, 5.74) is 5.57. The van der Waals surface area contributed by atoms with Gasteiger partial charge in [-0.3, -0.25) is 15.0 Å². The molecule has 7 heteroatoms. The Morgan fingerprint density at radius 3 is 2.72 bits per heavy atom. The number of hydrogen-bond donors (Lipinski definition) is 2. The maximum absolute atomic E-state index is 13.1. The molecule has 4 aromatic rings. The molecule has 2 N–H and O–H groups in total. The Morgan fingerprint density at radius 1 is 1.03 bits per heavy atom. The third-order valence-corrected chi connectivity index (χ3v) is 5.84. The van der Waals surface area contributed by atoms with Crippen LogP contribution in [0.5, 0.6) is 0 Å². The number of piperidine rings is 1. The molecule has 0 radical (unpaired) electrons. The van der Waals surface area contributed by atoms with Gasteiger partial charge in [0, 0.05) is 29.9 Å². The molecule has 0 bridgehead atoms. The fourth-order valence-electron chi connectivity index (χ4n) is 4.19. The van der Waals surface area contributed by atoms with Crippen molar-refractivity contribution in [2.75, 3.05) is 18.4 Å². The average molecular weight is 429 g/mol. The van der Waals surface area contributed by atoms with E-state index >= 15 is 0 Å². The second kappa shape index (κ2) is 8.88. The number of nitrogens with zero attached hydrogens (tertiary/aromatic N) is 4. The second-order valence-electron chi connectivity index (χ2n) is 8.22. The van der Waals surface area contributed by atoms with Crippen molar-refractivity contribution in [3.8, 4) is 11.1 Å². The lowest BCUT2D eigenvalue weighted by Gasteiger charge is -2.26.